The minimum Gasteiger partial charge on any atom is -0.368 e. The number of unbranched alkanes of at least 4 members (excludes halogenated alkanes) is 1. The summed E-state index contributed by atoms with van der Waals surface area (Å²) in [6.45, 7) is 2.87. The van der Waals surface area contributed by atoms with Crippen LogP contribution >= 0.6 is 0 Å². The largest absolute Gasteiger partial charge is 0.368 e. The first-order valence-corrected chi connectivity index (χ1v) is 5.28. The van der Waals surface area contributed by atoms with Gasteiger partial charge in [-0.1, -0.05) is 13.3 Å². The van der Waals surface area contributed by atoms with Crippen LogP contribution in [-0.4, -0.2) is 24.3 Å². The summed E-state index contributed by atoms with van der Waals surface area (Å²) in [5.41, 5.74) is 0. The lowest BCUT2D eigenvalue weighted by molar-refractivity contribution is -0.241. The van der Waals surface area contributed by atoms with E-state index in [1.165, 1.54) is 0 Å². The molecule has 1 saturated heterocycles. The van der Waals surface area contributed by atoms with Crippen LogP contribution in [0.4, 0.5) is 0 Å². The third-order valence-corrected chi connectivity index (χ3v) is 2.25. The van der Waals surface area contributed by atoms with E-state index < -0.39 is 6.29 Å². The molecule has 0 spiro atoms. The fourth-order valence-electron chi connectivity index (χ4n) is 1.44. The number of rotatable bonds is 5. The maximum Gasteiger partial charge on any atom is 0.160 e. The Kier molecular flexibility index (Phi) is 5.35. The second-order valence-electron chi connectivity index (χ2n) is 3.53. The van der Waals surface area contributed by atoms with Crippen molar-refractivity contribution in [1.29, 1.82) is 0 Å². The topological polar surface area (TPSA) is 38.7 Å². The minimum atomic E-state index is -0.636. The second-order valence-corrected chi connectivity index (χ2v) is 3.53. The predicted molar refractivity (Wildman–Crippen MR) is 50.2 cm³/mol. The fourth-order valence-corrected chi connectivity index (χ4v) is 1.44. The van der Waals surface area contributed by atoms with Gasteiger partial charge in [0.05, 0.1) is 0 Å². The molecule has 78 valence electrons. The SMILES string of the molecule is CCCCC(O)OC1CCCCO1. The molecule has 0 bridgehead atoms. The van der Waals surface area contributed by atoms with Gasteiger partial charge in [-0.2, -0.15) is 0 Å². The van der Waals surface area contributed by atoms with Gasteiger partial charge in [0.1, 0.15) is 0 Å². The van der Waals surface area contributed by atoms with Crippen LogP contribution in [0.15, 0.2) is 0 Å². The zero-order chi connectivity index (χ0) is 9.52. The lowest BCUT2D eigenvalue weighted by Gasteiger charge is -2.25. The van der Waals surface area contributed by atoms with Crippen molar-refractivity contribution in [3.63, 3.8) is 0 Å². The summed E-state index contributed by atoms with van der Waals surface area (Å²) in [6.07, 6.45) is 5.19. The fraction of sp³-hybridized carbons (Fsp3) is 1.00. The Hall–Kier alpha value is -0.120. The molecule has 1 fully saturated rings. The van der Waals surface area contributed by atoms with Crippen LogP contribution in [0, 0.1) is 0 Å². The monoisotopic (exact) mass is 188 g/mol. The molecule has 2 unspecified atom stereocenters. The molecule has 0 aromatic rings. The molecular formula is C10H20O3. The highest BCUT2D eigenvalue weighted by Gasteiger charge is 2.17. The first-order chi connectivity index (χ1) is 6.33. The van der Waals surface area contributed by atoms with Gasteiger partial charge in [0.25, 0.3) is 0 Å². The van der Waals surface area contributed by atoms with E-state index in [4.69, 9.17) is 9.47 Å². The summed E-state index contributed by atoms with van der Waals surface area (Å²) in [4.78, 5) is 0. The van der Waals surface area contributed by atoms with Crippen LogP contribution in [0.5, 0.6) is 0 Å². The van der Waals surface area contributed by atoms with Crippen LogP contribution in [0.2, 0.25) is 0 Å². The molecule has 0 aliphatic carbocycles. The molecule has 1 N–H and O–H groups in total. The summed E-state index contributed by atoms with van der Waals surface area (Å²) in [5.74, 6) is 0. The minimum absolute atomic E-state index is 0.166. The van der Waals surface area contributed by atoms with Crippen molar-refractivity contribution in [3.05, 3.63) is 0 Å². The number of aliphatic hydroxyl groups excluding tert-OH is 1. The maximum atomic E-state index is 9.43. The average molecular weight is 188 g/mol. The molecule has 0 radical (unpaired) electrons. The van der Waals surface area contributed by atoms with E-state index in [-0.39, 0.29) is 6.29 Å². The molecule has 0 amide bonds. The molecular weight excluding hydrogens is 168 g/mol. The molecule has 1 aliphatic heterocycles. The normalized spacial score (nSPS) is 25.8. The van der Waals surface area contributed by atoms with E-state index in [1.807, 2.05) is 0 Å². The Morgan fingerprint density at radius 2 is 2.38 bits per heavy atom. The molecule has 3 nitrogen and oxygen atoms in total. The molecule has 13 heavy (non-hydrogen) atoms. The molecule has 1 rings (SSSR count). The van der Waals surface area contributed by atoms with Gasteiger partial charge in [0.2, 0.25) is 0 Å². The summed E-state index contributed by atoms with van der Waals surface area (Å²) < 4.78 is 10.7. The van der Waals surface area contributed by atoms with Crippen molar-refractivity contribution in [2.75, 3.05) is 6.61 Å². The van der Waals surface area contributed by atoms with Crippen molar-refractivity contribution in [2.45, 2.75) is 58.0 Å². The number of hydrogen-bond acceptors (Lipinski definition) is 3. The zero-order valence-electron chi connectivity index (χ0n) is 8.37. The summed E-state index contributed by atoms with van der Waals surface area (Å²) >= 11 is 0. The smallest absolute Gasteiger partial charge is 0.160 e. The Morgan fingerprint density at radius 1 is 1.54 bits per heavy atom. The summed E-state index contributed by atoms with van der Waals surface area (Å²) in [7, 11) is 0. The first kappa shape index (κ1) is 11.0. The van der Waals surface area contributed by atoms with Crippen molar-refractivity contribution >= 4 is 0 Å². The molecule has 0 saturated carbocycles. The van der Waals surface area contributed by atoms with Crippen LogP contribution < -0.4 is 0 Å². The van der Waals surface area contributed by atoms with Crippen LogP contribution in [0.1, 0.15) is 45.4 Å². The third kappa shape index (κ3) is 4.60. The molecule has 1 heterocycles. The lowest BCUT2D eigenvalue weighted by Crippen LogP contribution is -2.27. The first-order valence-electron chi connectivity index (χ1n) is 5.28. The van der Waals surface area contributed by atoms with Crippen molar-refractivity contribution in [1.82, 2.24) is 0 Å². The van der Waals surface area contributed by atoms with E-state index >= 15 is 0 Å². The van der Waals surface area contributed by atoms with Crippen molar-refractivity contribution < 1.29 is 14.6 Å². The second kappa shape index (κ2) is 6.35. The number of hydrogen-bond donors (Lipinski definition) is 1. The Labute approximate surface area is 80.0 Å². The van der Waals surface area contributed by atoms with Gasteiger partial charge in [0, 0.05) is 6.61 Å². The Morgan fingerprint density at radius 3 is 3.00 bits per heavy atom. The molecule has 0 aromatic carbocycles. The third-order valence-electron chi connectivity index (χ3n) is 2.25. The summed E-state index contributed by atoms with van der Waals surface area (Å²) in [5, 5.41) is 9.43. The zero-order valence-corrected chi connectivity index (χ0v) is 8.37. The quantitative estimate of drug-likeness (QED) is 0.671. The highest BCUT2D eigenvalue weighted by molar-refractivity contribution is 4.55. The lowest BCUT2D eigenvalue weighted by atomic mass is 10.2. The van der Waals surface area contributed by atoms with Gasteiger partial charge in [-0.3, -0.25) is 0 Å². The van der Waals surface area contributed by atoms with Gasteiger partial charge in [-0.15, -0.1) is 0 Å². The van der Waals surface area contributed by atoms with Gasteiger partial charge in [-0.25, -0.2) is 0 Å². The number of aliphatic hydroxyl groups is 1. The highest BCUT2D eigenvalue weighted by Crippen LogP contribution is 2.16. The van der Waals surface area contributed by atoms with E-state index in [0.717, 1.165) is 45.1 Å². The van der Waals surface area contributed by atoms with Crippen LogP contribution in [0.3, 0.4) is 0 Å². The number of ether oxygens (including phenoxy) is 2. The molecule has 2 atom stereocenters. The van der Waals surface area contributed by atoms with Gasteiger partial charge < -0.3 is 14.6 Å². The average Bonchev–Trinajstić information content (AvgIpc) is 2.16. The highest BCUT2D eigenvalue weighted by atomic mass is 16.7. The molecule has 1 aliphatic rings. The van der Waals surface area contributed by atoms with Crippen LogP contribution in [0.25, 0.3) is 0 Å². The van der Waals surface area contributed by atoms with E-state index in [9.17, 15) is 5.11 Å². The van der Waals surface area contributed by atoms with Gasteiger partial charge >= 0.3 is 0 Å². The van der Waals surface area contributed by atoms with Gasteiger partial charge in [-0.05, 0) is 32.1 Å². The Balaban J connectivity index is 2.07. The standard InChI is InChI=1S/C10H20O3/c1-2-3-6-9(11)13-10-7-4-5-8-12-10/h9-11H,2-8H2,1H3. The van der Waals surface area contributed by atoms with Crippen molar-refractivity contribution in [2.24, 2.45) is 0 Å². The van der Waals surface area contributed by atoms with E-state index in [1.54, 1.807) is 0 Å². The van der Waals surface area contributed by atoms with Gasteiger partial charge in [0.15, 0.2) is 12.6 Å². The maximum absolute atomic E-state index is 9.43. The van der Waals surface area contributed by atoms with Crippen molar-refractivity contribution in [3.8, 4) is 0 Å². The van der Waals surface area contributed by atoms with Crippen LogP contribution in [-0.2, 0) is 9.47 Å². The Bertz CT molecular complexity index is 121. The molecule has 0 aromatic heterocycles. The predicted octanol–water partition coefficient (Wildman–Crippen LogP) is 2.04. The molecule has 3 heteroatoms. The van der Waals surface area contributed by atoms with E-state index in [0.29, 0.717) is 0 Å². The van der Waals surface area contributed by atoms with E-state index in [2.05, 4.69) is 6.92 Å². The summed E-state index contributed by atoms with van der Waals surface area (Å²) in [6, 6.07) is 0.